The van der Waals surface area contributed by atoms with Gasteiger partial charge in [-0.3, -0.25) is 4.79 Å². The summed E-state index contributed by atoms with van der Waals surface area (Å²) < 4.78 is 18.3. The molecule has 0 saturated heterocycles. The first kappa shape index (κ1) is 24.1. The third kappa shape index (κ3) is 5.09. The minimum absolute atomic E-state index is 0.260. The second kappa shape index (κ2) is 10.5. The van der Waals surface area contributed by atoms with Crippen LogP contribution in [0.1, 0.15) is 47.1 Å². The molecular formula is C28H31N3O4. The van der Waals surface area contributed by atoms with Gasteiger partial charge in [0, 0.05) is 12.1 Å². The molecular weight excluding hydrogens is 442 g/mol. The molecule has 1 amide bonds. The fourth-order valence-corrected chi connectivity index (χ4v) is 4.10. The maximum Gasteiger partial charge on any atom is 0.251 e. The van der Waals surface area contributed by atoms with Crippen molar-refractivity contribution >= 4 is 16.9 Å². The number of amides is 1. The van der Waals surface area contributed by atoms with E-state index < -0.39 is 0 Å². The van der Waals surface area contributed by atoms with Gasteiger partial charge in [-0.25, -0.2) is 4.98 Å². The van der Waals surface area contributed by atoms with Gasteiger partial charge in [0.05, 0.1) is 38.9 Å². The van der Waals surface area contributed by atoms with Crippen molar-refractivity contribution in [3.05, 3.63) is 83.2 Å². The Morgan fingerprint density at radius 1 is 0.943 bits per heavy atom. The highest BCUT2D eigenvalue weighted by molar-refractivity contribution is 5.95. The number of ether oxygens (including phenoxy) is 3. The van der Waals surface area contributed by atoms with Crippen molar-refractivity contribution in [2.75, 3.05) is 21.3 Å². The number of carbonyl (C=O) groups is 1. The molecule has 1 heterocycles. The Kier molecular flexibility index (Phi) is 7.25. The van der Waals surface area contributed by atoms with Crippen LogP contribution in [0.5, 0.6) is 17.2 Å². The number of methoxy groups -OCH3 is 3. The molecule has 7 heteroatoms. The van der Waals surface area contributed by atoms with E-state index in [0.717, 1.165) is 16.9 Å². The normalized spacial score (nSPS) is 11.0. The number of para-hydroxylation sites is 2. The lowest BCUT2D eigenvalue weighted by Crippen LogP contribution is -2.25. The van der Waals surface area contributed by atoms with E-state index in [0.29, 0.717) is 35.3 Å². The molecule has 182 valence electrons. The Morgan fingerprint density at radius 3 is 2.20 bits per heavy atom. The zero-order valence-electron chi connectivity index (χ0n) is 20.8. The van der Waals surface area contributed by atoms with Crippen LogP contribution in [0.15, 0.2) is 60.7 Å². The number of imidazole rings is 1. The van der Waals surface area contributed by atoms with Gasteiger partial charge in [0.2, 0.25) is 5.75 Å². The lowest BCUT2D eigenvalue weighted by Gasteiger charge is -2.14. The molecule has 3 aromatic carbocycles. The third-order valence-electron chi connectivity index (χ3n) is 6.05. The van der Waals surface area contributed by atoms with Crippen molar-refractivity contribution < 1.29 is 19.0 Å². The zero-order valence-corrected chi connectivity index (χ0v) is 20.8. The van der Waals surface area contributed by atoms with Crippen molar-refractivity contribution in [2.45, 2.75) is 32.9 Å². The summed E-state index contributed by atoms with van der Waals surface area (Å²) in [6.07, 6.45) is 0. The summed E-state index contributed by atoms with van der Waals surface area (Å²) in [5.74, 6) is 2.29. The molecule has 1 N–H and O–H groups in total. The van der Waals surface area contributed by atoms with Crippen molar-refractivity contribution in [1.29, 1.82) is 0 Å². The topological polar surface area (TPSA) is 74.6 Å². The summed E-state index contributed by atoms with van der Waals surface area (Å²) in [7, 11) is 4.57. The van der Waals surface area contributed by atoms with Crippen molar-refractivity contribution in [2.24, 2.45) is 0 Å². The van der Waals surface area contributed by atoms with E-state index in [2.05, 4.69) is 54.1 Å². The average Bonchev–Trinajstić information content (AvgIpc) is 3.23. The Hall–Kier alpha value is -4.00. The van der Waals surface area contributed by atoms with Gasteiger partial charge in [0.15, 0.2) is 11.5 Å². The Morgan fingerprint density at radius 2 is 1.60 bits per heavy atom. The van der Waals surface area contributed by atoms with Crippen LogP contribution in [0.3, 0.4) is 0 Å². The summed E-state index contributed by atoms with van der Waals surface area (Å²) in [5, 5.41) is 2.99. The van der Waals surface area contributed by atoms with Crippen LogP contribution >= 0.6 is 0 Å². The predicted molar refractivity (Wildman–Crippen MR) is 137 cm³/mol. The van der Waals surface area contributed by atoms with Gasteiger partial charge >= 0.3 is 0 Å². The number of carbonyl (C=O) groups excluding carboxylic acids is 1. The lowest BCUT2D eigenvalue weighted by molar-refractivity contribution is 0.0948. The molecule has 0 aliphatic rings. The molecule has 35 heavy (non-hydrogen) atoms. The van der Waals surface area contributed by atoms with Gasteiger partial charge in [-0.2, -0.15) is 0 Å². The quantitative estimate of drug-likeness (QED) is 0.363. The molecule has 0 unspecified atom stereocenters. The molecule has 0 saturated carbocycles. The summed E-state index contributed by atoms with van der Waals surface area (Å²) >= 11 is 0. The van der Waals surface area contributed by atoms with Crippen molar-refractivity contribution in [1.82, 2.24) is 14.9 Å². The Balaban J connectivity index is 1.59. The molecule has 0 atom stereocenters. The molecule has 1 aromatic heterocycles. The molecule has 7 nitrogen and oxygen atoms in total. The Bertz CT molecular complexity index is 1300. The number of hydrogen-bond acceptors (Lipinski definition) is 5. The van der Waals surface area contributed by atoms with Crippen LogP contribution in [-0.4, -0.2) is 36.8 Å². The highest BCUT2D eigenvalue weighted by Crippen LogP contribution is 2.38. The molecule has 4 aromatic rings. The fraction of sp³-hybridized carbons (Fsp3) is 0.286. The minimum atomic E-state index is -0.260. The number of rotatable bonds is 9. The monoisotopic (exact) mass is 473 g/mol. The van der Waals surface area contributed by atoms with Crippen LogP contribution in [0, 0.1) is 0 Å². The van der Waals surface area contributed by atoms with E-state index in [1.54, 1.807) is 12.1 Å². The standard InChI is InChI=1S/C28H31N3O4/c1-18(2)20-12-10-19(11-13-20)17-31-23-9-7-6-8-22(23)30-26(31)16-29-28(32)21-14-24(33-3)27(35-5)25(15-21)34-4/h6-15,18H,16-17H2,1-5H3,(H,29,32). The SMILES string of the molecule is COc1cc(C(=O)NCc2nc3ccccc3n2Cc2ccc(C(C)C)cc2)cc(OC)c1OC. The van der Waals surface area contributed by atoms with E-state index in [-0.39, 0.29) is 12.5 Å². The van der Waals surface area contributed by atoms with Crippen molar-refractivity contribution in [3.8, 4) is 17.2 Å². The minimum Gasteiger partial charge on any atom is -0.493 e. The highest BCUT2D eigenvalue weighted by atomic mass is 16.5. The zero-order chi connectivity index (χ0) is 24.9. The van der Waals surface area contributed by atoms with Crippen LogP contribution < -0.4 is 19.5 Å². The van der Waals surface area contributed by atoms with E-state index in [1.165, 1.54) is 32.5 Å². The van der Waals surface area contributed by atoms with E-state index >= 15 is 0 Å². The van der Waals surface area contributed by atoms with E-state index in [4.69, 9.17) is 19.2 Å². The second-order valence-electron chi connectivity index (χ2n) is 8.60. The summed E-state index contributed by atoms with van der Waals surface area (Å²) in [4.78, 5) is 17.8. The summed E-state index contributed by atoms with van der Waals surface area (Å²) in [5.41, 5.74) is 4.81. The van der Waals surface area contributed by atoms with Gasteiger partial charge in [-0.1, -0.05) is 50.2 Å². The maximum atomic E-state index is 13.0. The van der Waals surface area contributed by atoms with Crippen LogP contribution in [0.25, 0.3) is 11.0 Å². The number of aromatic nitrogens is 2. The van der Waals surface area contributed by atoms with Gasteiger partial charge < -0.3 is 24.1 Å². The fourth-order valence-electron chi connectivity index (χ4n) is 4.10. The molecule has 0 radical (unpaired) electrons. The second-order valence-corrected chi connectivity index (χ2v) is 8.60. The largest absolute Gasteiger partial charge is 0.493 e. The molecule has 0 aliphatic carbocycles. The molecule has 0 spiro atoms. The summed E-state index contributed by atoms with van der Waals surface area (Å²) in [6, 6.07) is 19.9. The first-order chi connectivity index (χ1) is 16.9. The maximum absolute atomic E-state index is 13.0. The number of hydrogen-bond donors (Lipinski definition) is 1. The number of benzene rings is 3. The van der Waals surface area contributed by atoms with Gasteiger partial charge in [0.1, 0.15) is 5.82 Å². The van der Waals surface area contributed by atoms with Gasteiger partial charge in [-0.15, -0.1) is 0 Å². The van der Waals surface area contributed by atoms with Crippen LogP contribution in [-0.2, 0) is 13.1 Å². The molecule has 0 aliphatic heterocycles. The van der Waals surface area contributed by atoms with Gasteiger partial charge in [0.25, 0.3) is 5.91 Å². The smallest absolute Gasteiger partial charge is 0.251 e. The molecule has 4 rings (SSSR count). The number of fused-ring (bicyclic) bond motifs is 1. The van der Waals surface area contributed by atoms with Gasteiger partial charge in [-0.05, 0) is 41.3 Å². The number of nitrogens with one attached hydrogen (secondary N) is 1. The van der Waals surface area contributed by atoms with E-state index in [1.807, 2.05) is 18.2 Å². The highest BCUT2D eigenvalue weighted by Gasteiger charge is 2.18. The predicted octanol–water partition coefficient (Wildman–Crippen LogP) is 5.16. The third-order valence-corrected chi connectivity index (χ3v) is 6.05. The molecule has 0 fully saturated rings. The van der Waals surface area contributed by atoms with Crippen LogP contribution in [0.4, 0.5) is 0 Å². The van der Waals surface area contributed by atoms with Crippen LogP contribution in [0.2, 0.25) is 0 Å². The van der Waals surface area contributed by atoms with Crippen molar-refractivity contribution in [3.63, 3.8) is 0 Å². The lowest BCUT2D eigenvalue weighted by atomic mass is 10.0. The first-order valence-corrected chi connectivity index (χ1v) is 11.6. The summed E-state index contributed by atoms with van der Waals surface area (Å²) in [6.45, 7) is 5.31. The Labute approximate surface area is 205 Å². The number of nitrogens with zero attached hydrogens (tertiary/aromatic N) is 2. The van der Waals surface area contributed by atoms with E-state index in [9.17, 15) is 4.79 Å². The molecule has 0 bridgehead atoms. The first-order valence-electron chi connectivity index (χ1n) is 11.6. The average molecular weight is 474 g/mol.